The van der Waals surface area contributed by atoms with Gasteiger partial charge >= 0.3 is 0 Å². The zero-order valence-electron chi connectivity index (χ0n) is 12.5. The number of carbonyl (C=O) groups excluding carboxylic acids is 2. The molecule has 2 amide bonds. The predicted molar refractivity (Wildman–Crippen MR) is 85.7 cm³/mol. The zero-order valence-corrected chi connectivity index (χ0v) is 12.5. The van der Waals surface area contributed by atoms with Crippen LogP contribution >= 0.6 is 0 Å². The zero-order chi connectivity index (χ0) is 15.7. The van der Waals surface area contributed by atoms with Gasteiger partial charge in [-0.05, 0) is 43.5 Å². The fourth-order valence-corrected chi connectivity index (χ4v) is 2.79. The molecule has 1 aliphatic carbocycles. The number of aryl methyl sites for hydroxylation is 1. The first kappa shape index (κ1) is 14.4. The van der Waals surface area contributed by atoms with Crippen molar-refractivity contribution in [3.05, 3.63) is 48.2 Å². The molecule has 1 saturated carbocycles. The fraction of sp³-hybridized carbons (Fsp3) is 0.294. The number of aromatic nitrogens is 1. The smallest absolute Gasteiger partial charge is 0.251 e. The van der Waals surface area contributed by atoms with Crippen LogP contribution in [-0.2, 0) is 4.79 Å². The SMILES string of the molecule is C=CC(=O)NC1CC(NC(=O)c2ccc3c(C)c[nH]c3c2)C1. The molecule has 5 heteroatoms. The van der Waals surface area contributed by atoms with Gasteiger partial charge in [0.1, 0.15) is 0 Å². The van der Waals surface area contributed by atoms with Crippen LogP contribution in [0.4, 0.5) is 0 Å². The predicted octanol–water partition coefficient (Wildman–Crippen LogP) is 2.04. The summed E-state index contributed by atoms with van der Waals surface area (Å²) in [6.07, 6.45) is 4.72. The van der Waals surface area contributed by atoms with E-state index in [4.69, 9.17) is 0 Å². The van der Waals surface area contributed by atoms with Gasteiger partial charge < -0.3 is 15.6 Å². The maximum Gasteiger partial charge on any atom is 0.251 e. The van der Waals surface area contributed by atoms with Crippen molar-refractivity contribution in [2.45, 2.75) is 31.8 Å². The van der Waals surface area contributed by atoms with Crippen molar-refractivity contribution in [1.29, 1.82) is 0 Å². The molecular weight excluding hydrogens is 278 g/mol. The molecule has 1 aromatic heterocycles. The molecule has 0 aliphatic heterocycles. The van der Waals surface area contributed by atoms with Crippen LogP contribution in [0, 0.1) is 6.92 Å². The Balaban J connectivity index is 1.58. The molecule has 1 aromatic carbocycles. The highest BCUT2D eigenvalue weighted by Crippen LogP contribution is 2.22. The van der Waals surface area contributed by atoms with Crippen LogP contribution in [0.15, 0.2) is 37.1 Å². The average Bonchev–Trinajstić information content (AvgIpc) is 2.85. The minimum absolute atomic E-state index is 0.0762. The van der Waals surface area contributed by atoms with E-state index in [2.05, 4.69) is 22.2 Å². The Morgan fingerprint density at radius 1 is 1.27 bits per heavy atom. The summed E-state index contributed by atoms with van der Waals surface area (Å²) in [5.41, 5.74) is 2.78. The first-order valence-corrected chi connectivity index (χ1v) is 7.38. The van der Waals surface area contributed by atoms with Crippen LogP contribution in [0.25, 0.3) is 10.9 Å². The lowest BCUT2D eigenvalue weighted by atomic mass is 9.86. The third kappa shape index (κ3) is 2.74. The number of fused-ring (bicyclic) bond motifs is 1. The van der Waals surface area contributed by atoms with E-state index in [1.165, 1.54) is 11.6 Å². The molecular formula is C17H19N3O2. The molecule has 0 unspecified atom stereocenters. The number of amides is 2. The van der Waals surface area contributed by atoms with Crippen LogP contribution in [0.5, 0.6) is 0 Å². The van der Waals surface area contributed by atoms with E-state index in [0.29, 0.717) is 5.56 Å². The molecule has 3 rings (SSSR count). The topological polar surface area (TPSA) is 74.0 Å². The van der Waals surface area contributed by atoms with Crippen molar-refractivity contribution in [1.82, 2.24) is 15.6 Å². The van der Waals surface area contributed by atoms with Crippen molar-refractivity contribution in [2.24, 2.45) is 0 Å². The lowest BCUT2D eigenvalue weighted by Gasteiger charge is -2.36. The van der Waals surface area contributed by atoms with E-state index in [0.717, 1.165) is 23.7 Å². The molecule has 0 atom stereocenters. The molecule has 22 heavy (non-hydrogen) atoms. The lowest BCUT2D eigenvalue weighted by Crippen LogP contribution is -2.53. The van der Waals surface area contributed by atoms with Crippen LogP contribution in [-0.4, -0.2) is 28.9 Å². The minimum atomic E-state index is -0.164. The van der Waals surface area contributed by atoms with Gasteiger partial charge in [0, 0.05) is 34.7 Å². The van der Waals surface area contributed by atoms with Gasteiger partial charge in [-0.1, -0.05) is 12.6 Å². The quantitative estimate of drug-likeness (QED) is 0.756. The first-order chi connectivity index (χ1) is 10.6. The third-order valence-corrected chi connectivity index (χ3v) is 4.16. The van der Waals surface area contributed by atoms with Crippen LogP contribution in [0.1, 0.15) is 28.8 Å². The molecule has 0 saturated heterocycles. The Kier molecular flexibility index (Phi) is 3.71. The Hall–Kier alpha value is -2.56. The normalized spacial score (nSPS) is 20.2. The molecule has 3 N–H and O–H groups in total. The molecule has 5 nitrogen and oxygen atoms in total. The van der Waals surface area contributed by atoms with Gasteiger partial charge in [0.25, 0.3) is 5.91 Å². The molecule has 1 heterocycles. The number of benzene rings is 1. The fourth-order valence-electron chi connectivity index (χ4n) is 2.79. The summed E-state index contributed by atoms with van der Waals surface area (Å²) in [5.74, 6) is -0.241. The van der Waals surface area contributed by atoms with Crippen molar-refractivity contribution < 1.29 is 9.59 Å². The van der Waals surface area contributed by atoms with Crippen molar-refractivity contribution in [3.8, 4) is 0 Å². The Morgan fingerprint density at radius 3 is 2.73 bits per heavy atom. The Morgan fingerprint density at radius 2 is 2.00 bits per heavy atom. The van der Waals surface area contributed by atoms with E-state index >= 15 is 0 Å². The monoisotopic (exact) mass is 297 g/mol. The standard InChI is InChI=1S/C17H19N3O2/c1-3-16(21)19-12-7-13(8-12)20-17(22)11-4-5-14-10(2)9-18-15(14)6-11/h3-6,9,12-13,18H,1,7-8H2,2H3,(H,19,21)(H,20,22). The minimum Gasteiger partial charge on any atom is -0.361 e. The summed E-state index contributed by atoms with van der Waals surface area (Å²) in [7, 11) is 0. The first-order valence-electron chi connectivity index (χ1n) is 7.38. The number of hydrogen-bond acceptors (Lipinski definition) is 2. The van der Waals surface area contributed by atoms with E-state index in [9.17, 15) is 9.59 Å². The number of H-pyrrole nitrogens is 1. The van der Waals surface area contributed by atoms with E-state index in [1.807, 2.05) is 31.3 Å². The van der Waals surface area contributed by atoms with Crippen molar-refractivity contribution in [3.63, 3.8) is 0 Å². The van der Waals surface area contributed by atoms with E-state index in [1.54, 1.807) is 0 Å². The van der Waals surface area contributed by atoms with Gasteiger partial charge in [0.05, 0.1) is 0 Å². The largest absolute Gasteiger partial charge is 0.361 e. The highest BCUT2D eigenvalue weighted by Gasteiger charge is 2.31. The van der Waals surface area contributed by atoms with Crippen LogP contribution in [0.3, 0.4) is 0 Å². The van der Waals surface area contributed by atoms with Gasteiger partial charge in [0.2, 0.25) is 5.91 Å². The highest BCUT2D eigenvalue weighted by molar-refractivity contribution is 5.98. The summed E-state index contributed by atoms with van der Waals surface area (Å²) in [6, 6.07) is 5.92. The number of rotatable bonds is 4. The molecule has 114 valence electrons. The van der Waals surface area contributed by atoms with Gasteiger partial charge in [-0.25, -0.2) is 0 Å². The van der Waals surface area contributed by atoms with E-state index in [-0.39, 0.29) is 23.9 Å². The molecule has 2 aromatic rings. The number of carbonyl (C=O) groups is 2. The highest BCUT2D eigenvalue weighted by atomic mass is 16.2. The van der Waals surface area contributed by atoms with Crippen LogP contribution < -0.4 is 10.6 Å². The summed E-state index contributed by atoms with van der Waals surface area (Å²) in [6.45, 7) is 5.45. The second-order valence-electron chi connectivity index (χ2n) is 5.78. The average molecular weight is 297 g/mol. The molecule has 1 aliphatic rings. The summed E-state index contributed by atoms with van der Waals surface area (Å²) < 4.78 is 0. The second-order valence-corrected chi connectivity index (χ2v) is 5.78. The number of aromatic amines is 1. The van der Waals surface area contributed by atoms with Crippen LogP contribution in [0.2, 0.25) is 0 Å². The van der Waals surface area contributed by atoms with E-state index < -0.39 is 0 Å². The Labute approximate surface area is 128 Å². The maximum absolute atomic E-state index is 12.3. The summed E-state index contributed by atoms with van der Waals surface area (Å²) in [5, 5.41) is 6.95. The second kappa shape index (κ2) is 5.67. The van der Waals surface area contributed by atoms with Crippen molar-refractivity contribution >= 4 is 22.7 Å². The van der Waals surface area contributed by atoms with Gasteiger partial charge in [-0.2, -0.15) is 0 Å². The van der Waals surface area contributed by atoms with Gasteiger partial charge in [-0.15, -0.1) is 0 Å². The molecule has 1 fully saturated rings. The lowest BCUT2D eigenvalue weighted by molar-refractivity contribution is -0.117. The van der Waals surface area contributed by atoms with Gasteiger partial charge in [-0.3, -0.25) is 9.59 Å². The molecule has 0 radical (unpaired) electrons. The Bertz CT molecular complexity index is 741. The summed E-state index contributed by atoms with van der Waals surface area (Å²) >= 11 is 0. The molecule has 0 bridgehead atoms. The number of hydrogen-bond donors (Lipinski definition) is 3. The summed E-state index contributed by atoms with van der Waals surface area (Å²) in [4.78, 5) is 26.6. The van der Waals surface area contributed by atoms with Crippen molar-refractivity contribution in [2.75, 3.05) is 0 Å². The molecule has 0 spiro atoms. The third-order valence-electron chi connectivity index (χ3n) is 4.16. The van der Waals surface area contributed by atoms with Gasteiger partial charge in [0.15, 0.2) is 0 Å². The number of nitrogens with one attached hydrogen (secondary N) is 3. The maximum atomic E-state index is 12.3.